The molecule has 15 heavy (non-hydrogen) atoms. The third-order valence-electron chi connectivity index (χ3n) is 1.89. The highest BCUT2D eigenvalue weighted by Gasteiger charge is 1.95. The number of nitrogens with zero attached hydrogens (tertiary/aromatic N) is 1. The third-order valence-corrected chi connectivity index (χ3v) is 2.61. The fraction of sp³-hybridized carbons (Fsp3) is 0. The summed E-state index contributed by atoms with van der Waals surface area (Å²) in [5, 5.41) is 3.18. The lowest BCUT2D eigenvalue weighted by Gasteiger charge is -2.05. The molecule has 0 spiro atoms. The van der Waals surface area contributed by atoms with Crippen LogP contribution in [0.4, 0.5) is 17.3 Å². The normalized spacial score (nSPS) is 9.93. The first-order valence-electron chi connectivity index (χ1n) is 4.49. The molecule has 0 saturated heterocycles. The molecule has 0 aliphatic heterocycles. The van der Waals surface area contributed by atoms with E-state index in [0.29, 0.717) is 5.82 Å². The fourth-order valence-corrected chi connectivity index (χ4v) is 1.56. The van der Waals surface area contributed by atoms with Gasteiger partial charge in [0.25, 0.3) is 0 Å². The zero-order valence-electron chi connectivity index (χ0n) is 7.94. The number of halogens is 1. The van der Waals surface area contributed by atoms with Gasteiger partial charge in [-0.1, -0.05) is 6.07 Å². The number of nitrogens with one attached hydrogen (secondary N) is 1. The van der Waals surface area contributed by atoms with Crippen molar-refractivity contribution >= 4 is 39.9 Å². The summed E-state index contributed by atoms with van der Waals surface area (Å²) in [6, 6.07) is 13.6. The van der Waals surface area contributed by atoms with Crippen LogP contribution in [0.2, 0.25) is 0 Å². The molecule has 0 fully saturated rings. The molecule has 76 valence electrons. The Balaban J connectivity index is 2.18. The summed E-state index contributed by atoms with van der Waals surface area (Å²) in [4.78, 5) is 4.16. The zero-order chi connectivity index (χ0) is 10.7. The van der Waals surface area contributed by atoms with Crippen molar-refractivity contribution in [1.29, 1.82) is 0 Å². The predicted octanol–water partition coefficient (Wildman–Crippen LogP) is 3.01. The lowest BCUT2D eigenvalue weighted by Crippen LogP contribution is -1.96. The molecular weight excluding hydrogens is 301 g/mol. The first kappa shape index (κ1) is 10.2. The number of benzene rings is 1. The summed E-state index contributed by atoms with van der Waals surface area (Å²) in [6.07, 6.45) is 0. The van der Waals surface area contributed by atoms with E-state index in [9.17, 15) is 0 Å². The number of nitrogen functional groups attached to an aromatic ring is 1. The summed E-state index contributed by atoms with van der Waals surface area (Å²) >= 11 is 2.27. The van der Waals surface area contributed by atoms with Gasteiger partial charge in [0.15, 0.2) is 0 Å². The second-order valence-corrected chi connectivity index (χ2v) is 4.33. The van der Waals surface area contributed by atoms with Gasteiger partial charge in [0, 0.05) is 9.26 Å². The molecule has 0 amide bonds. The SMILES string of the molecule is Nc1cccc(Nc2ccc(I)cc2)n1. The van der Waals surface area contributed by atoms with Crippen LogP contribution in [0.25, 0.3) is 0 Å². The summed E-state index contributed by atoms with van der Waals surface area (Å²) in [5.74, 6) is 1.28. The molecule has 3 N–H and O–H groups in total. The van der Waals surface area contributed by atoms with E-state index in [1.807, 2.05) is 36.4 Å². The Bertz CT molecular complexity index is 454. The highest BCUT2D eigenvalue weighted by atomic mass is 127. The van der Waals surface area contributed by atoms with E-state index in [2.05, 4.69) is 32.9 Å². The highest BCUT2D eigenvalue weighted by Crippen LogP contribution is 2.16. The first-order valence-corrected chi connectivity index (χ1v) is 5.57. The molecule has 0 atom stereocenters. The van der Waals surface area contributed by atoms with Gasteiger partial charge in [-0.15, -0.1) is 0 Å². The Morgan fingerprint density at radius 2 is 1.80 bits per heavy atom. The molecule has 2 aromatic rings. The van der Waals surface area contributed by atoms with E-state index < -0.39 is 0 Å². The van der Waals surface area contributed by atoms with E-state index >= 15 is 0 Å². The Hall–Kier alpha value is -1.30. The summed E-state index contributed by atoms with van der Waals surface area (Å²) < 4.78 is 1.21. The van der Waals surface area contributed by atoms with Crippen LogP contribution in [-0.4, -0.2) is 4.98 Å². The molecule has 1 aromatic carbocycles. The average molecular weight is 311 g/mol. The maximum atomic E-state index is 5.58. The number of hydrogen-bond acceptors (Lipinski definition) is 3. The minimum Gasteiger partial charge on any atom is -0.384 e. The number of rotatable bonds is 2. The third kappa shape index (κ3) is 2.82. The quantitative estimate of drug-likeness (QED) is 0.838. The summed E-state index contributed by atoms with van der Waals surface area (Å²) in [6.45, 7) is 0. The molecule has 3 nitrogen and oxygen atoms in total. The van der Waals surface area contributed by atoms with E-state index in [1.165, 1.54) is 3.57 Å². The fourth-order valence-electron chi connectivity index (χ4n) is 1.20. The minimum absolute atomic E-state index is 0.519. The van der Waals surface area contributed by atoms with Crippen molar-refractivity contribution in [3.05, 3.63) is 46.0 Å². The molecule has 0 aliphatic rings. The second kappa shape index (κ2) is 4.48. The van der Waals surface area contributed by atoms with Crippen LogP contribution in [0.1, 0.15) is 0 Å². The van der Waals surface area contributed by atoms with Crippen molar-refractivity contribution in [2.75, 3.05) is 11.1 Å². The van der Waals surface area contributed by atoms with Gasteiger partial charge in [-0.25, -0.2) is 4.98 Å². The van der Waals surface area contributed by atoms with E-state index in [0.717, 1.165) is 11.5 Å². The van der Waals surface area contributed by atoms with Crippen molar-refractivity contribution in [3.8, 4) is 0 Å². The van der Waals surface area contributed by atoms with Crippen LogP contribution >= 0.6 is 22.6 Å². The maximum Gasteiger partial charge on any atom is 0.132 e. The van der Waals surface area contributed by atoms with Crippen molar-refractivity contribution < 1.29 is 0 Å². The Morgan fingerprint density at radius 3 is 2.47 bits per heavy atom. The lowest BCUT2D eigenvalue weighted by atomic mass is 10.3. The van der Waals surface area contributed by atoms with E-state index in [1.54, 1.807) is 6.07 Å². The first-order chi connectivity index (χ1) is 7.24. The van der Waals surface area contributed by atoms with Gasteiger partial charge in [-0.2, -0.15) is 0 Å². The molecule has 1 aromatic heterocycles. The molecular formula is C11H10IN3. The molecule has 0 saturated carbocycles. The van der Waals surface area contributed by atoms with Gasteiger partial charge in [-0.05, 0) is 59.0 Å². The molecule has 4 heteroatoms. The minimum atomic E-state index is 0.519. The van der Waals surface area contributed by atoms with Crippen LogP contribution in [-0.2, 0) is 0 Å². The summed E-state index contributed by atoms with van der Waals surface area (Å²) in [7, 11) is 0. The number of anilines is 3. The van der Waals surface area contributed by atoms with Gasteiger partial charge < -0.3 is 11.1 Å². The largest absolute Gasteiger partial charge is 0.384 e. The van der Waals surface area contributed by atoms with Crippen molar-refractivity contribution in [2.24, 2.45) is 0 Å². The van der Waals surface area contributed by atoms with Gasteiger partial charge in [-0.3, -0.25) is 0 Å². The number of nitrogens with two attached hydrogens (primary N) is 1. The van der Waals surface area contributed by atoms with Crippen molar-refractivity contribution in [3.63, 3.8) is 0 Å². The molecule has 0 aliphatic carbocycles. The van der Waals surface area contributed by atoms with Crippen LogP contribution in [0, 0.1) is 3.57 Å². The van der Waals surface area contributed by atoms with Gasteiger partial charge >= 0.3 is 0 Å². The molecule has 0 bridgehead atoms. The highest BCUT2D eigenvalue weighted by molar-refractivity contribution is 14.1. The van der Waals surface area contributed by atoms with Crippen molar-refractivity contribution in [1.82, 2.24) is 4.98 Å². The number of pyridine rings is 1. The number of hydrogen-bond donors (Lipinski definition) is 2. The van der Waals surface area contributed by atoms with Crippen LogP contribution in [0.5, 0.6) is 0 Å². The van der Waals surface area contributed by atoms with Gasteiger partial charge in [0.2, 0.25) is 0 Å². The molecule has 2 rings (SSSR count). The Morgan fingerprint density at radius 1 is 1.07 bits per heavy atom. The van der Waals surface area contributed by atoms with E-state index in [-0.39, 0.29) is 0 Å². The smallest absolute Gasteiger partial charge is 0.132 e. The second-order valence-electron chi connectivity index (χ2n) is 3.08. The summed E-state index contributed by atoms with van der Waals surface area (Å²) in [5.41, 5.74) is 6.59. The van der Waals surface area contributed by atoms with Crippen LogP contribution < -0.4 is 11.1 Å². The average Bonchev–Trinajstić information content (AvgIpc) is 2.22. The zero-order valence-corrected chi connectivity index (χ0v) is 10.1. The van der Waals surface area contributed by atoms with Gasteiger partial charge in [0.05, 0.1) is 0 Å². The Kier molecular flexibility index (Phi) is 3.05. The maximum absolute atomic E-state index is 5.58. The van der Waals surface area contributed by atoms with E-state index in [4.69, 9.17) is 5.73 Å². The molecule has 0 radical (unpaired) electrons. The predicted molar refractivity (Wildman–Crippen MR) is 71.1 cm³/mol. The van der Waals surface area contributed by atoms with Crippen molar-refractivity contribution in [2.45, 2.75) is 0 Å². The topological polar surface area (TPSA) is 50.9 Å². The monoisotopic (exact) mass is 311 g/mol. The number of aromatic nitrogens is 1. The van der Waals surface area contributed by atoms with Gasteiger partial charge in [0.1, 0.15) is 11.6 Å². The Labute approximate surface area is 102 Å². The molecule has 0 unspecified atom stereocenters. The standard InChI is InChI=1S/C11H10IN3/c12-8-4-6-9(7-5-8)14-11-3-1-2-10(13)15-11/h1-7H,(H3,13,14,15). The molecule has 1 heterocycles. The lowest BCUT2D eigenvalue weighted by molar-refractivity contribution is 1.31. The van der Waals surface area contributed by atoms with Crippen LogP contribution in [0.3, 0.4) is 0 Å². The van der Waals surface area contributed by atoms with Crippen LogP contribution in [0.15, 0.2) is 42.5 Å².